The van der Waals surface area contributed by atoms with E-state index >= 15 is 0 Å². The third kappa shape index (κ3) is 3.38. The first-order chi connectivity index (χ1) is 11.1. The molecular weight excluding hydrogens is 352 g/mol. The molecule has 0 unspecified atom stereocenters. The van der Waals surface area contributed by atoms with Crippen LogP contribution in [-0.4, -0.2) is 30.4 Å². The lowest BCUT2D eigenvalue weighted by Gasteiger charge is -2.18. The number of ketones is 2. The Bertz CT molecular complexity index is 697. The lowest BCUT2D eigenvalue weighted by molar-refractivity contribution is -0.115. The fourth-order valence-electron chi connectivity index (χ4n) is 2.89. The van der Waals surface area contributed by atoms with Crippen molar-refractivity contribution in [1.29, 1.82) is 0 Å². The van der Waals surface area contributed by atoms with Gasteiger partial charge in [0.15, 0.2) is 11.6 Å². The number of thioether (sulfide) groups is 2. The second-order valence-electron chi connectivity index (χ2n) is 5.46. The van der Waals surface area contributed by atoms with Crippen LogP contribution in [0.2, 0.25) is 5.02 Å². The molecule has 1 heterocycles. The molecule has 0 fully saturated rings. The molecule has 0 N–H and O–H groups in total. The molecule has 23 heavy (non-hydrogen) atoms. The second-order valence-corrected chi connectivity index (χ2v) is 7.99. The molecule has 3 nitrogen and oxygen atoms in total. The van der Waals surface area contributed by atoms with Crippen molar-refractivity contribution in [3.8, 4) is 0 Å². The molecule has 0 saturated carbocycles. The Morgan fingerprint density at radius 2 is 2.17 bits per heavy atom. The van der Waals surface area contributed by atoms with E-state index in [1.54, 1.807) is 24.9 Å². The van der Waals surface area contributed by atoms with Crippen molar-refractivity contribution < 1.29 is 14.3 Å². The van der Waals surface area contributed by atoms with E-state index in [4.69, 9.17) is 16.3 Å². The summed E-state index contributed by atoms with van der Waals surface area (Å²) in [7, 11) is 1.61. The van der Waals surface area contributed by atoms with Crippen LogP contribution in [0.3, 0.4) is 0 Å². The predicted molar refractivity (Wildman–Crippen MR) is 95.6 cm³/mol. The van der Waals surface area contributed by atoms with Crippen molar-refractivity contribution in [2.75, 3.05) is 18.8 Å². The fraction of sp³-hybridized carbons (Fsp3) is 0.412. The molecule has 0 radical (unpaired) electrons. The van der Waals surface area contributed by atoms with Gasteiger partial charge in [-0.3, -0.25) is 9.59 Å². The minimum Gasteiger partial charge on any atom is -0.374 e. The van der Waals surface area contributed by atoms with Gasteiger partial charge in [0.25, 0.3) is 0 Å². The summed E-state index contributed by atoms with van der Waals surface area (Å²) >= 11 is 9.66. The summed E-state index contributed by atoms with van der Waals surface area (Å²) < 4.78 is 5.08. The number of allylic oxidation sites excluding steroid dienone is 2. The number of fused-ring (bicyclic) bond motifs is 1. The number of ether oxygens (including phenoxy) is 1. The van der Waals surface area contributed by atoms with E-state index in [-0.39, 0.29) is 11.6 Å². The molecule has 3 rings (SSSR count). The summed E-state index contributed by atoms with van der Waals surface area (Å²) in [5, 5.41) is 0.513. The monoisotopic (exact) mass is 368 g/mol. The molecule has 1 aliphatic heterocycles. The highest BCUT2D eigenvalue weighted by molar-refractivity contribution is 8.03. The van der Waals surface area contributed by atoms with Gasteiger partial charge in [-0.2, -0.15) is 0 Å². The van der Waals surface area contributed by atoms with Gasteiger partial charge in [0.1, 0.15) is 0 Å². The third-order valence-electron chi connectivity index (χ3n) is 4.00. The van der Waals surface area contributed by atoms with E-state index in [1.807, 2.05) is 6.07 Å². The van der Waals surface area contributed by atoms with E-state index in [2.05, 4.69) is 0 Å². The van der Waals surface area contributed by atoms with Gasteiger partial charge < -0.3 is 4.74 Å². The maximum atomic E-state index is 13.0. The smallest absolute Gasteiger partial charge is 0.198 e. The van der Waals surface area contributed by atoms with Crippen LogP contribution >= 0.6 is 35.1 Å². The molecule has 0 amide bonds. The minimum absolute atomic E-state index is 0.0780. The lowest BCUT2D eigenvalue weighted by Crippen LogP contribution is -2.19. The average Bonchev–Trinajstić information content (AvgIpc) is 3.02. The van der Waals surface area contributed by atoms with Crippen molar-refractivity contribution in [3.63, 3.8) is 0 Å². The van der Waals surface area contributed by atoms with Crippen LogP contribution < -0.4 is 0 Å². The molecule has 0 spiro atoms. The summed E-state index contributed by atoms with van der Waals surface area (Å²) in [6, 6.07) is 3.71. The van der Waals surface area contributed by atoms with Gasteiger partial charge in [-0.05, 0) is 37.0 Å². The van der Waals surface area contributed by atoms with E-state index in [9.17, 15) is 9.59 Å². The number of carbonyl (C=O) groups excluding carboxylic acids is 2. The molecule has 2 aliphatic rings. The van der Waals surface area contributed by atoms with Crippen molar-refractivity contribution in [1.82, 2.24) is 0 Å². The van der Waals surface area contributed by atoms with E-state index in [0.29, 0.717) is 28.5 Å². The fourth-order valence-corrected chi connectivity index (χ4v) is 5.26. The minimum atomic E-state index is -0.238. The first-order valence-electron chi connectivity index (χ1n) is 7.50. The lowest BCUT2D eigenvalue weighted by atomic mass is 9.91. The molecule has 1 aliphatic carbocycles. The highest BCUT2D eigenvalue weighted by Gasteiger charge is 2.30. The van der Waals surface area contributed by atoms with Crippen molar-refractivity contribution >= 4 is 46.7 Å². The molecular formula is C17H17ClO3S2. The summed E-state index contributed by atoms with van der Waals surface area (Å²) in [5.74, 6) is 1.11. The topological polar surface area (TPSA) is 43.4 Å². The Morgan fingerprint density at radius 1 is 1.35 bits per heavy atom. The van der Waals surface area contributed by atoms with Gasteiger partial charge >= 0.3 is 0 Å². The van der Waals surface area contributed by atoms with Crippen LogP contribution in [0.25, 0.3) is 0 Å². The van der Waals surface area contributed by atoms with E-state index in [1.165, 1.54) is 11.8 Å². The van der Waals surface area contributed by atoms with Crippen molar-refractivity contribution in [2.45, 2.75) is 30.6 Å². The van der Waals surface area contributed by atoms with Gasteiger partial charge in [-0.1, -0.05) is 11.6 Å². The van der Waals surface area contributed by atoms with Gasteiger partial charge in [0.2, 0.25) is 0 Å². The van der Waals surface area contributed by atoms with Gasteiger partial charge in [-0.15, -0.1) is 23.5 Å². The first-order valence-corrected chi connectivity index (χ1v) is 9.85. The van der Waals surface area contributed by atoms with Crippen LogP contribution in [0.5, 0.6) is 0 Å². The number of carbonyl (C=O) groups is 2. The van der Waals surface area contributed by atoms with Crippen molar-refractivity contribution in [2.24, 2.45) is 0 Å². The average molecular weight is 369 g/mol. The molecule has 1 aromatic carbocycles. The Balaban J connectivity index is 2.00. The van der Waals surface area contributed by atoms with Crippen molar-refractivity contribution in [3.05, 3.63) is 38.8 Å². The highest BCUT2D eigenvalue weighted by Crippen LogP contribution is 2.40. The summed E-state index contributed by atoms with van der Waals surface area (Å²) in [6.45, 7) is 0. The zero-order chi connectivity index (χ0) is 16.4. The number of hydrogen-bond acceptors (Lipinski definition) is 5. The standard InChI is InChI=1S/C17H17ClO3S2/c1-21-9-23-14-4-2-3-12(19)15(14)17(20)11-5-6-13-10(16(11)18)7-8-22-13/h5-6H,2-4,7-9H2,1H3. The van der Waals surface area contributed by atoms with Crippen LogP contribution in [0, 0.1) is 0 Å². The number of benzene rings is 1. The second kappa shape index (κ2) is 7.43. The van der Waals surface area contributed by atoms with Crippen LogP contribution in [0.1, 0.15) is 35.2 Å². The normalized spacial score (nSPS) is 17.6. The Labute approximate surface area is 149 Å². The molecule has 122 valence electrons. The first kappa shape index (κ1) is 17.1. The number of rotatable bonds is 5. The molecule has 1 aromatic rings. The Morgan fingerprint density at radius 3 is 2.96 bits per heavy atom. The maximum absolute atomic E-state index is 13.0. The molecule has 6 heteroatoms. The molecule has 0 aromatic heterocycles. The number of hydrogen-bond donors (Lipinski definition) is 0. The van der Waals surface area contributed by atoms with E-state index in [0.717, 1.165) is 40.4 Å². The summed E-state index contributed by atoms with van der Waals surface area (Å²) in [5.41, 5.74) is 1.80. The number of halogens is 1. The quantitative estimate of drug-likeness (QED) is 0.434. The Kier molecular flexibility index (Phi) is 5.52. The zero-order valence-corrected chi connectivity index (χ0v) is 15.2. The molecule has 0 bridgehead atoms. The number of methoxy groups -OCH3 is 1. The zero-order valence-electron chi connectivity index (χ0n) is 12.8. The van der Waals surface area contributed by atoms with Crippen LogP contribution in [-0.2, 0) is 16.0 Å². The SMILES string of the molecule is COCSC1=C(C(=O)c2ccc3c(c2Cl)CCS3)C(=O)CCC1. The largest absolute Gasteiger partial charge is 0.374 e. The van der Waals surface area contributed by atoms with Crippen LogP contribution in [0.4, 0.5) is 0 Å². The van der Waals surface area contributed by atoms with Gasteiger partial charge in [-0.25, -0.2) is 0 Å². The van der Waals surface area contributed by atoms with Crippen LogP contribution in [0.15, 0.2) is 27.5 Å². The number of Topliss-reactive ketones (excluding diaryl/α,β-unsaturated/α-hetero) is 2. The third-order valence-corrected chi connectivity index (χ3v) is 6.64. The van der Waals surface area contributed by atoms with Gasteiger partial charge in [0.05, 0.1) is 16.5 Å². The summed E-state index contributed by atoms with van der Waals surface area (Å²) in [6.07, 6.45) is 2.84. The maximum Gasteiger partial charge on any atom is 0.198 e. The molecule has 0 atom stereocenters. The predicted octanol–water partition coefficient (Wildman–Crippen LogP) is 4.52. The van der Waals surface area contributed by atoms with Gasteiger partial charge in [0, 0.05) is 34.6 Å². The highest BCUT2D eigenvalue weighted by atomic mass is 35.5. The van der Waals surface area contributed by atoms with E-state index < -0.39 is 0 Å². The Hall–Kier alpha value is -0.750. The summed E-state index contributed by atoms with van der Waals surface area (Å²) in [4.78, 5) is 27.3. The molecule has 0 saturated heterocycles.